The lowest BCUT2D eigenvalue weighted by atomic mass is 10.1. The average molecular weight is 346 g/mol. The highest BCUT2D eigenvalue weighted by molar-refractivity contribution is 6.31. The smallest absolute Gasteiger partial charge is 0.337 e. The molecular weight excluding hydrogens is 330 g/mol. The summed E-state index contributed by atoms with van der Waals surface area (Å²) in [6, 6.07) is 11.5. The number of hydrogen-bond donors (Lipinski definition) is 2. The van der Waals surface area contributed by atoms with Gasteiger partial charge in [0.2, 0.25) is 0 Å². The van der Waals surface area contributed by atoms with Crippen molar-refractivity contribution in [3.8, 4) is 5.75 Å². The van der Waals surface area contributed by atoms with Crippen molar-refractivity contribution in [3.63, 3.8) is 0 Å². The topological polar surface area (TPSA) is 75.6 Å². The molecule has 0 fully saturated rings. The monoisotopic (exact) mass is 345 g/mol. The second kappa shape index (κ2) is 7.66. The van der Waals surface area contributed by atoms with Crippen LogP contribution < -0.4 is 10.1 Å². The summed E-state index contributed by atoms with van der Waals surface area (Å²) < 4.78 is 5.08. The maximum absolute atomic E-state index is 12.3. The van der Waals surface area contributed by atoms with E-state index in [1.807, 2.05) is 12.1 Å². The number of nitrogens with one attached hydrogen (secondary N) is 1. The molecule has 0 aromatic heterocycles. The van der Waals surface area contributed by atoms with Crippen LogP contribution in [-0.2, 0) is 4.79 Å². The average Bonchev–Trinajstić information content (AvgIpc) is 2.56. The molecule has 5 nitrogen and oxygen atoms in total. The van der Waals surface area contributed by atoms with Crippen LogP contribution in [0.5, 0.6) is 5.75 Å². The normalized spacial score (nSPS) is 11.0. The molecule has 0 atom stereocenters. The molecule has 0 aliphatic heterocycles. The molecule has 2 aromatic carbocycles. The molecule has 0 bridgehead atoms. The number of anilines is 1. The first-order valence-corrected chi connectivity index (χ1v) is 7.45. The molecule has 0 unspecified atom stereocenters. The third kappa shape index (κ3) is 4.36. The van der Waals surface area contributed by atoms with Gasteiger partial charge in [-0.1, -0.05) is 23.7 Å². The van der Waals surface area contributed by atoms with E-state index in [1.54, 1.807) is 32.2 Å². The maximum atomic E-state index is 12.3. The van der Waals surface area contributed by atoms with Crippen LogP contribution in [-0.4, -0.2) is 24.1 Å². The van der Waals surface area contributed by atoms with Gasteiger partial charge in [0, 0.05) is 10.6 Å². The van der Waals surface area contributed by atoms with Crippen molar-refractivity contribution < 1.29 is 19.4 Å². The Morgan fingerprint density at radius 3 is 2.42 bits per heavy atom. The summed E-state index contributed by atoms with van der Waals surface area (Å²) in [4.78, 5) is 23.5. The lowest BCUT2D eigenvalue weighted by molar-refractivity contribution is -0.112. The van der Waals surface area contributed by atoms with Crippen molar-refractivity contribution >= 4 is 35.2 Å². The number of carboxylic acid groups (broad SMARTS) is 1. The Bertz CT molecular complexity index is 797. The van der Waals surface area contributed by atoms with Crippen molar-refractivity contribution in [2.45, 2.75) is 6.92 Å². The van der Waals surface area contributed by atoms with Crippen LogP contribution in [0.4, 0.5) is 5.69 Å². The van der Waals surface area contributed by atoms with Gasteiger partial charge in [-0.05, 0) is 48.9 Å². The molecule has 0 radical (unpaired) electrons. The van der Waals surface area contributed by atoms with Gasteiger partial charge in [-0.25, -0.2) is 4.79 Å². The molecule has 2 rings (SSSR count). The zero-order valence-electron chi connectivity index (χ0n) is 13.2. The highest BCUT2D eigenvalue weighted by atomic mass is 35.5. The van der Waals surface area contributed by atoms with Gasteiger partial charge in [0.05, 0.1) is 18.4 Å². The summed E-state index contributed by atoms with van der Waals surface area (Å²) in [6.07, 6.45) is 1.70. The van der Waals surface area contributed by atoms with E-state index in [0.717, 1.165) is 11.3 Å². The number of ether oxygens (including phenoxy) is 1. The van der Waals surface area contributed by atoms with Crippen molar-refractivity contribution in [3.05, 3.63) is 64.2 Å². The quantitative estimate of drug-likeness (QED) is 0.800. The molecular formula is C18H16ClNO4. The molecule has 6 heteroatoms. The minimum absolute atomic E-state index is 0.0619. The lowest BCUT2D eigenvalue weighted by Gasteiger charge is -2.09. The number of rotatable bonds is 5. The van der Waals surface area contributed by atoms with Crippen LogP contribution in [0.3, 0.4) is 0 Å². The second-order valence-corrected chi connectivity index (χ2v) is 5.49. The Labute approximate surface area is 144 Å². The summed E-state index contributed by atoms with van der Waals surface area (Å²) in [5.74, 6) is -0.832. The number of aromatic carboxylic acids is 1. The first kappa shape index (κ1) is 17.6. The number of hydrogen-bond acceptors (Lipinski definition) is 3. The Morgan fingerprint density at radius 1 is 1.17 bits per heavy atom. The van der Waals surface area contributed by atoms with Crippen LogP contribution in [0.15, 0.2) is 48.0 Å². The van der Waals surface area contributed by atoms with Crippen LogP contribution in [0, 0.1) is 0 Å². The van der Waals surface area contributed by atoms with Crippen molar-refractivity contribution in [1.82, 2.24) is 0 Å². The number of amides is 1. The minimum atomic E-state index is -1.16. The molecule has 0 saturated heterocycles. The van der Waals surface area contributed by atoms with Crippen LogP contribution >= 0.6 is 11.6 Å². The molecule has 0 saturated carbocycles. The molecule has 24 heavy (non-hydrogen) atoms. The number of carbonyl (C=O) groups excluding carboxylic acids is 1. The van der Waals surface area contributed by atoms with Crippen molar-refractivity contribution in [2.24, 2.45) is 0 Å². The van der Waals surface area contributed by atoms with Gasteiger partial charge in [-0.3, -0.25) is 4.79 Å². The van der Waals surface area contributed by atoms with Gasteiger partial charge < -0.3 is 15.2 Å². The number of carboxylic acids is 1. The molecule has 1 amide bonds. The van der Waals surface area contributed by atoms with E-state index < -0.39 is 11.9 Å². The van der Waals surface area contributed by atoms with Crippen LogP contribution in [0.25, 0.3) is 6.08 Å². The Hall–Kier alpha value is -2.79. The standard InChI is InChI=1S/C18H16ClNO4/c1-11(9-12-3-6-14(24-2)7-4-12)17(21)20-16-8-5-13(19)10-15(16)18(22)23/h3-10H,1-2H3,(H,20,21)(H,22,23)/b11-9+. The van der Waals surface area contributed by atoms with Crippen molar-refractivity contribution in [1.29, 1.82) is 0 Å². The van der Waals surface area contributed by atoms with Gasteiger partial charge in [-0.2, -0.15) is 0 Å². The van der Waals surface area contributed by atoms with E-state index in [-0.39, 0.29) is 16.3 Å². The van der Waals surface area contributed by atoms with Gasteiger partial charge in [-0.15, -0.1) is 0 Å². The first-order chi connectivity index (χ1) is 11.4. The summed E-state index contributed by atoms with van der Waals surface area (Å²) in [6.45, 7) is 1.65. The molecule has 2 N–H and O–H groups in total. The SMILES string of the molecule is COc1ccc(/C=C(\C)C(=O)Nc2ccc(Cl)cc2C(=O)O)cc1. The number of benzene rings is 2. The van der Waals surface area contributed by atoms with E-state index in [1.165, 1.54) is 18.2 Å². The van der Waals surface area contributed by atoms with E-state index in [2.05, 4.69) is 5.32 Å². The molecule has 124 valence electrons. The largest absolute Gasteiger partial charge is 0.497 e. The fourth-order valence-corrected chi connectivity index (χ4v) is 2.21. The minimum Gasteiger partial charge on any atom is -0.497 e. The summed E-state index contributed by atoms with van der Waals surface area (Å²) in [5, 5.41) is 12.1. The predicted octanol–water partition coefficient (Wildman–Crippen LogP) is 4.09. The second-order valence-electron chi connectivity index (χ2n) is 5.05. The fourth-order valence-electron chi connectivity index (χ4n) is 2.04. The van der Waals surface area contributed by atoms with E-state index in [9.17, 15) is 14.7 Å². The Morgan fingerprint density at radius 2 is 1.83 bits per heavy atom. The van der Waals surface area contributed by atoms with E-state index in [4.69, 9.17) is 16.3 Å². The van der Waals surface area contributed by atoms with E-state index >= 15 is 0 Å². The molecule has 0 aliphatic rings. The lowest BCUT2D eigenvalue weighted by Crippen LogP contribution is -2.15. The summed E-state index contributed by atoms with van der Waals surface area (Å²) in [5.41, 5.74) is 1.40. The summed E-state index contributed by atoms with van der Waals surface area (Å²) in [7, 11) is 1.58. The summed E-state index contributed by atoms with van der Waals surface area (Å²) >= 11 is 5.79. The first-order valence-electron chi connectivity index (χ1n) is 7.07. The fraction of sp³-hybridized carbons (Fsp3) is 0.111. The highest BCUT2D eigenvalue weighted by Crippen LogP contribution is 2.22. The number of methoxy groups -OCH3 is 1. The molecule has 2 aromatic rings. The van der Waals surface area contributed by atoms with E-state index in [0.29, 0.717) is 5.57 Å². The third-order valence-electron chi connectivity index (χ3n) is 3.32. The Kier molecular flexibility index (Phi) is 5.60. The highest BCUT2D eigenvalue weighted by Gasteiger charge is 2.14. The van der Waals surface area contributed by atoms with Crippen LogP contribution in [0.1, 0.15) is 22.8 Å². The zero-order chi connectivity index (χ0) is 17.7. The number of halogens is 1. The number of carbonyl (C=O) groups is 2. The molecule has 0 spiro atoms. The van der Waals surface area contributed by atoms with Gasteiger partial charge in [0.1, 0.15) is 5.75 Å². The van der Waals surface area contributed by atoms with Crippen molar-refractivity contribution in [2.75, 3.05) is 12.4 Å². The Balaban J connectivity index is 2.19. The van der Waals surface area contributed by atoms with Gasteiger partial charge in [0.15, 0.2) is 0 Å². The zero-order valence-corrected chi connectivity index (χ0v) is 13.9. The molecule has 0 aliphatic carbocycles. The predicted molar refractivity (Wildman–Crippen MR) is 93.7 cm³/mol. The van der Waals surface area contributed by atoms with Crippen LogP contribution in [0.2, 0.25) is 5.02 Å². The molecule has 0 heterocycles. The van der Waals surface area contributed by atoms with Gasteiger partial charge in [0.25, 0.3) is 5.91 Å². The van der Waals surface area contributed by atoms with Gasteiger partial charge >= 0.3 is 5.97 Å². The maximum Gasteiger partial charge on any atom is 0.337 e. The third-order valence-corrected chi connectivity index (χ3v) is 3.55.